The van der Waals surface area contributed by atoms with Crippen molar-refractivity contribution in [1.29, 1.82) is 5.41 Å². The third kappa shape index (κ3) is 7.41. The third-order valence-corrected chi connectivity index (χ3v) is 2.41. The molecule has 0 heterocycles. The van der Waals surface area contributed by atoms with Crippen LogP contribution >= 0.6 is 0 Å². The normalized spacial score (nSPS) is 9.15. The van der Waals surface area contributed by atoms with Crippen LogP contribution in [-0.4, -0.2) is 18.5 Å². The molecule has 0 bridgehead atoms. The number of carbonyl (C=O) groups is 1. The number of hydrogen-bond donors (Lipinski definition) is 3. The molecule has 0 saturated carbocycles. The number of carbonyl (C=O) groups excluding carboxylic acids is 1. The lowest BCUT2D eigenvalue weighted by Crippen LogP contribution is -2.31. The quantitative estimate of drug-likeness (QED) is 0.333. The van der Waals surface area contributed by atoms with Crippen LogP contribution in [0.2, 0.25) is 0 Å². The Morgan fingerprint density at radius 3 is 2.40 bits per heavy atom. The van der Waals surface area contributed by atoms with Gasteiger partial charge < -0.3 is 10.5 Å². The van der Waals surface area contributed by atoms with Gasteiger partial charge >= 0.3 is 6.09 Å². The van der Waals surface area contributed by atoms with Crippen LogP contribution in [0, 0.1) is 5.41 Å². The Labute approximate surface area is 121 Å². The van der Waals surface area contributed by atoms with Crippen LogP contribution in [0.25, 0.3) is 0 Å². The monoisotopic (exact) mass is 279 g/mol. The zero-order valence-electron chi connectivity index (χ0n) is 12.5. The number of nitrogens with two attached hydrogens (primary N) is 1. The first-order chi connectivity index (χ1) is 9.63. The summed E-state index contributed by atoms with van der Waals surface area (Å²) >= 11 is 0. The van der Waals surface area contributed by atoms with E-state index in [0.717, 1.165) is 19.3 Å². The first-order valence-electron chi connectivity index (χ1n) is 7.01. The minimum atomic E-state index is -0.590. The molecular formula is C15H25N3O2. The molecule has 4 N–H and O–H groups in total. The van der Waals surface area contributed by atoms with Gasteiger partial charge in [0.2, 0.25) is 0 Å². The second-order valence-electron chi connectivity index (χ2n) is 3.97. The highest BCUT2D eigenvalue weighted by molar-refractivity contribution is 6.04. The number of alkyl carbamates (subject to hydrolysis) is 1. The molecule has 0 saturated heterocycles. The van der Waals surface area contributed by atoms with Crippen molar-refractivity contribution in [3.8, 4) is 0 Å². The zero-order valence-corrected chi connectivity index (χ0v) is 12.5. The number of nitrogen functional groups attached to an aromatic ring is 1. The van der Waals surface area contributed by atoms with E-state index in [2.05, 4.69) is 12.2 Å². The van der Waals surface area contributed by atoms with E-state index in [1.54, 1.807) is 24.3 Å². The molecule has 0 unspecified atom stereocenters. The summed E-state index contributed by atoms with van der Waals surface area (Å²) in [4.78, 5) is 11.4. The molecule has 1 aromatic carbocycles. The van der Waals surface area contributed by atoms with Crippen molar-refractivity contribution < 1.29 is 9.53 Å². The van der Waals surface area contributed by atoms with Crippen molar-refractivity contribution in [2.45, 2.75) is 40.0 Å². The summed E-state index contributed by atoms with van der Waals surface area (Å²) in [5.74, 6) is 0.00971. The van der Waals surface area contributed by atoms with Gasteiger partial charge in [0, 0.05) is 11.3 Å². The van der Waals surface area contributed by atoms with E-state index >= 15 is 0 Å². The molecule has 5 nitrogen and oxygen atoms in total. The molecule has 0 radical (unpaired) electrons. The Hall–Kier alpha value is -2.04. The average Bonchev–Trinajstić information content (AvgIpc) is 2.46. The first-order valence-corrected chi connectivity index (χ1v) is 7.01. The van der Waals surface area contributed by atoms with E-state index in [9.17, 15) is 4.79 Å². The van der Waals surface area contributed by atoms with Gasteiger partial charge in [-0.05, 0) is 30.7 Å². The first kappa shape index (κ1) is 18.0. The Morgan fingerprint density at radius 2 is 1.85 bits per heavy atom. The Bertz CT molecular complexity index is 402. The van der Waals surface area contributed by atoms with Gasteiger partial charge in [-0.15, -0.1) is 0 Å². The lowest BCUT2D eigenvalue weighted by molar-refractivity contribution is 0.149. The van der Waals surface area contributed by atoms with Crippen molar-refractivity contribution in [3.63, 3.8) is 0 Å². The fourth-order valence-electron chi connectivity index (χ4n) is 1.38. The Balaban J connectivity index is 0.00000172. The number of amides is 1. The predicted octanol–water partition coefficient (Wildman–Crippen LogP) is 3.54. The average molecular weight is 279 g/mol. The lowest BCUT2D eigenvalue weighted by Gasteiger charge is -2.08. The molecule has 0 fully saturated rings. The van der Waals surface area contributed by atoms with E-state index in [1.807, 2.05) is 13.8 Å². The lowest BCUT2D eigenvalue weighted by atomic mass is 10.2. The number of rotatable bonds is 5. The molecule has 0 aliphatic heterocycles. The molecule has 1 amide bonds. The van der Waals surface area contributed by atoms with E-state index in [-0.39, 0.29) is 5.84 Å². The maximum absolute atomic E-state index is 11.4. The largest absolute Gasteiger partial charge is 0.449 e. The van der Waals surface area contributed by atoms with Gasteiger partial charge in [0.05, 0.1) is 6.61 Å². The van der Waals surface area contributed by atoms with Crippen LogP contribution in [0.15, 0.2) is 24.3 Å². The number of amidine groups is 1. The minimum absolute atomic E-state index is 0.00971. The fraction of sp³-hybridized carbons (Fsp3) is 0.467. The molecule has 112 valence electrons. The van der Waals surface area contributed by atoms with E-state index in [4.69, 9.17) is 15.9 Å². The molecule has 0 aromatic heterocycles. The van der Waals surface area contributed by atoms with Crippen molar-refractivity contribution in [2.75, 3.05) is 12.3 Å². The van der Waals surface area contributed by atoms with Crippen molar-refractivity contribution in [1.82, 2.24) is 5.32 Å². The maximum Gasteiger partial charge on any atom is 0.412 e. The van der Waals surface area contributed by atoms with Gasteiger partial charge in [0.1, 0.15) is 5.84 Å². The van der Waals surface area contributed by atoms with E-state index < -0.39 is 6.09 Å². The smallest absolute Gasteiger partial charge is 0.412 e. The van der Waals surface area contributed by atoms with Gasteiger partial charge in [-0.25, -0.2) is 4.79 Å². The minimum Gasteiger partial charge on any atom is -0.449 e. The molecule has 1 rings (SSSR count). The number of nitrogens with one attached hydrogen (secondary N) is 2. The topological polar surface area (TPSA) is 88.2 Å². The number of benzene rings is 1. The van der Waals surface area contributed by atoms with Crippen LogP contribution in [0.5, 0.6) is 0 Å². The standard InChI is InChI=1S/C13H19N3O2.C2H6/c1-2-3-4-9-18-13(17)16-12(15)10-5-7-11(14)8-6-10;1-2/h5-8H,2-4,9,14H2,1H3,(H2,15,16,17);1-2H3. The van der Waals surface area contributed by atoms with Crippen LogP contribution in [0.3, 0.4) is 0 Å². The summed E-state index contributed by atoms with van der Waals surface area (Å²) in [5.41, 5.74) is 6.75. The predicted molar refractivity (Wildman–Crippen MR) is 83.0 cm³/mol. The molecule has 0 atom stereocenters. The summed E-state index contributed by atoms with van der Waals surface area (Å²) in [6.45, 7) is 6.46. The third-order valence-electron chi connectivity index (χ3n) is 2.41. The van der Waals surface area contributed by atoms with E-state index in [1.165, 1.54) is 0 Å². The summed E-state index contributed by atoms with van der Waals surface area (Å²) in [6.07, 6.45) is 2.36. The molecule has 5 heteroatoms. The van der Waals surface area contributed by atoms with Gasteiger partial charge in [0.25, 0.3) is 0 Å². The summed E-state index contributed by atoms with van der Waals surface area (Å²) < 4.78 is 4.94. The van der Waals surface area contributed by atoms with Crippen LogP contribution in [0.4, 0.5) is 10.5 Å². The highest BCUT2D eigenvalue weighted by Gasteiger charge is 2.07. The van der Waals surface area contributed by atoms with Crippen LogP contribution < -0.4 is 11.1 Å². The molecule has 20 heavy (non-hydrogen) atoms. The Morgan fingerprint density at radius 1 is 1.25 bits per heavy atom. The van der Waals surface area contributed by atoms with Crippen molar-refractivity contribution in [2.24, 2.45) is 0 Å². The molecule has 0 aliphatic rings. The van der Waals surface area contributed by atoms with Crippen molar-refractivity contribution in [3.05, 3.63) is 29.8 Å². The van der Waals surface area contributed by atoms with Gasteiger partial charge in [-0.1, -0.05) is 33.6 Å². The SMILES string of the molecule is CC.CCCCCOC(=O)NC(=N)c1ccc(N)cc1. The fourth-order valence-corrected chi connectivity index (χ4v) is 1.38. The van der Waals surface area contributed by atoms with Crippen LogP contribution in [0.1, 0.15) is 45.6 Å². The number of unbranched alkanes of at least 4 members (excludes halogenated alkanes) is 2. The highest BCUT2D eigenvalue weighted by Crippen LogP contribution is 2.05. The summed E-state index contributed by atoms with van der Waals surface area (Å²) in [6, 6.07) is 6.71. The van der Waals surface area contributed by atoms with Gasteiger partial charge in [-0.3, -0.25) is 10.7 Å². The number of hydrogen-bond acceptors (Lipinski definition) is 4. The maximum atomic E-state index is 11.4. The molecular weight excluding hydrogens is 254 g/mol. The molecule has 0 spiro atoms. The summed E-state index contributed by atoms with van der Waals surface area (Å²) in [7, 11) is 0. The molecule has 0 aliphatic carbocycles. The Kier molecular flexibility index (Phi) is 9.74. The van der Waals surface area contributed by atoms with Gasteiger partial charge in [-0.2, -0.15) is 0 Å². The zero-order chi connectivity index (χ0) is 15.4. The van der Waals surface area contributed by atoms with E-state index in [0.29, 0.717) is 17.9 Å². The van der Waals surface area contributed by atoms with Gasteiger partial charge in [0.15, 0.2) is 0 Å². The molecule has 1 aromatic rings. The number of ether oxygens (including phenoxy) is 1. The highest BCUT2D eigenvalue weighted by atomic mass is 16.5. The van der Waals surface area contributed by atoms with Crippen molar-refractivity contribution >= 4 is 17.6 Å². The second kappa shape index (κ2) is 10.8. The number of anilines is 1. The summed E-state index contributed by atoms with van der Waals surface area (Å²) in [5, 5.41) is 10.1. The van der Waals surface area contributed by atoms with Crippen LogP contribution in [-0.2, 0) is 4.74 Å². The second-order valence-corrected chi connectivity index (χ2v) is 3.97.